The highest BCUT2D eigenvalue weighted by Crippen LogP contribution is 2.17. The van der Waals surface area contributed by atoms with E-state index in [4.69, 9.17) is 9.47 Å². The molecule has 8 heteroatoms. The van der Waals surface area contributed by atoms with Crippen molar-refractivity contribution in [2.24, 2.45) is 0 Å². The van der Waals surface area contributed by atoms with Gasteiger partial charge in [0.05, 0.1) is 7.11 Å². The average molecular weight is 489 g/mol. The van der Waals surface area contributed by atoms with Gasteiger partial charge in [-0.15, -0.1) is 0 Å². The van der Waals surface area contributed by atoms with E-state index in [1.165, 1.54) is 5.69 Å². The minimum atomic E-state index is -0.283. The number of piperazine rings is 1. The predicted molar refractivity (Wildman–Crippen MR) is 141 cm³/mol. The number of carbonyl (C=O) groups excluding carboxylic acids is 2. The summed E-state index contributed by atoms with van der Waals surface area (Å²) in [6.07, 6.45) is 0. The molecule has 2 amide bonds. The summed E-state index contributed by atoms with van der Waals surface area (Å²) in [4.78, 5) is 29.4. The molecule has 0 unspecified atom stereocenters. The fraction of sp³-hybridized carbons (Fsp3) is 0.286. The molecule has 1 saturated heterocycles. The van der Waals surface area contributed by atoms with Gasteiger partial charge in [0.2, 0.25) is 0 Å². The number of hydrogen-bond donors (Lipinski definition) is 2. The van der Waals surface area contributed by atoms with Crippen molar-refractivity contribution < 1.29 is 19.1 Å². The van der Waals surface area contributed by atoms with Gasteiger partial charge in [0.1, 0.15) is 11.5 Å². The molecule has 0 bridgehead atoms. The third kappa shape index (κ3) is 7.23. The summed E-state index contributed by atoms with van der Waals surface area (Å²) in [6, 6.07) is 24.3. The van der Waals surface area contributed by atoms with Crippen molar-refractivity contribution >= 4 is 23.2 Å². The molecule has 188 valence electrons. The molecule has 1 aliphatic heterocycles. The Morgan fingerprint density at radius 3 is 2.33 bits per heavy atom. The molecule has 2 N–H and O–H groups in total. The van der Waals surface area contributed by atoms with E-state index in [2.05, 4.69) is 44.7 Å². The number of amides is 2. The number of anilines is 2. The Morgan fingerprint density at radius 1 is 0.861 bits per heavy atom. The first-order chi connectivity index (χ1) is 17.6. The standard InChI is InChI=1S/C28H32N4O4/c1-35-26-9-5-6-23(20-26)30-27(33)21-36-25-12-10-22(11-13-25)28(34)29-14-15-31-16-18-32(19-17-31)24-7-3-2-4-8-24/h2-13,20H,14-19,21H2,1H3,(H,29,34)(H,30,33). The highest BCUT2D eigenvalue weighted by Gasteiger charge is 2.17. The van der Waals surface area contributed by atoms with Gasteiger partial charge in [0, 0.05) is 62.3 Å². The van der Waals surface area contributed by atoms with Crippen LogP contribution in [0.15, 0.2) is 78.9 Å². The van der Waals surface area contributed by atoms with Gasteiger partial charge in [-0.05, 0) is 48.5 Å². The third-order valence-electron chi connectivity index (χ3n) is 6.05. The van der Waals surface area contributed by atoms with Crippen molar-refractivity contribution in [1.82, 2.24) is 10.2 Å². The summed E-state index contributed by atoms with van der Waals surface area (Å²) in [5.74, 6) is 0.770. The summed E-state index contributed by atoms with van der Waals surface area (Å²) in [7, 11) is 1.57. The number of hydrogen-bond acceptors (Lipinski definition) is 6. The monoisotopic (exact) mass is 488 g/mol. The van der Waals surface area contributed by atoms with E-state index in [-0.39, 0.29) is 18.4 Å². The Kier molecular flexibility index (Phi) is 8.77. The minimum absolute atomic E-state index is 0.125. The molecule has 0 atom stereocenters. The second-order valence-electron chi connectivity index (χ2n) is 8.51. The molecular weight excluding hydrogens is 456 g/mol. The largest absolute Gasteiger partial charge is 0.497 e. The Bertz CT molecular complexity index is 1130. The molecule has 4 rings (SSSR count). The number of nitrogens with one attached hydrogen (secondary N) is 2. The molecule has 0 aromatic heterocycles. The predicted octanol–water partition coefficient (Wildman–Crippen LogP) is 3.26. The zero-order valence-electron chi connectivity index (χ0n) is 20.5. The van der Waals surface area contributed by atoms with E-state index in [1.807, 2.05) is 6.07 Å². The first-order valence-corrected chi connectivity index (χ1v) is 12.1. The van der Waals surface area contributed by atoms with Gasteiger partial charge in [-0.3, -0.25) is 14.5 Å². The molecule has 1 aliphatic rings. The highest BCUT2D eigenvalue weighted by molar-refractivity contribution is 5.94. The average Bonchev–Trinajstić information content (AvgIpc) is 2.93. The number of methoxy groups -OCH3 is 1. The van der Waals surface area contributed by atoms with Crippen LogP contribution in [-0.2, 0) is 4.79 Å². The lowest BCUT2D eigenvalue weighted by atomic mass is 10.2. The second-order valence-corrected chi connectivity index (χ2v) is 8.51. The molecule has 0 aliphatic carbocycles. The third-order valence-corrected chi connectivity index (χ3v) is 6.05. The summed E-state index contributed by atoms with van der Waals surface area (Å²) in [6.45, 7) is 5.18. The van der Waals surface area contributed by atoms with Crippen LogP contribution in [0.25, 0.3) is 0 Å². The minimum Gasteiger partial charge on any atom is -0.497 e. The van der Waals surface area contributed by atoms with Gasteiger partial charge in [-0.25, -0.2) is 0 Å². The summed E-state index contributed by atoms with van der Waals surface area (Å²) in [5.41, 5.74) is 2.44. The van der Waals surface area contributed by atoms with E-state index in [0.717, 1.165) is 32.7 Å². The number of carbonyl (C=O) groups is 2. The fourth-order valence-corrected chi connectivity index (χ4v) is 4.05. The van der Waals surface area contributed by atoms with Crippen LogP contribution in [0.1, 0.15) is 10.4 Å². The van der Waals surface area contributed by atoms with Crippen molar-refractivity contribution in [3.63, 3.8) is 0 Å². The van der Waals surface area contributed by atoms with Crippen LogP contribution in [0.2, 0.25) is 0 Å². The van der Waals surface area contributed by atoms with Crippen LogP contribution >= 0.6 is 0 Å². The second kappa shape index (κ2) is 12.6. The Morgan fingerprint density at radius 2 is 1.61 bits per heavy atom. The number of benzene rings is 3. The number of nitrogens with zero attached hydrogens (tertiary/aromatic N) is 2. The molecule has 3 aromatic carbocycles. The summed E-state index contributed by atoms with van der Waals surface area (Å²) >= 11 is 0. The van der Waals surface area contributed by atoms with Gasteiger partial charge in [-0.2, -0.15) is 0 Å². The molecule has 36 heavy (non-hydrogen) atoms. The highest BCUT2D eigenvalue weighted by atomic mass is 16.5. The smallest absolute Gasteiger partial charge is 0.262 e. The van der Waals surface area contributed by atoms with Crippen molar-refractivity contribution in [3.8, 4) is 11.5 Å². The van der Waals surface area contributed by atoms with Crippen LogP contribution in [0, 0.1) is 0 Å². The normalized spacial score (nSPS) is 13.6. The number of ether oxygens (including phenoxy) is 2. The van der Waals surface area contributed by atoms with E-state index < -0.39 is 0 Å². The molecule has 0 spiro atoms. The molecule has 3 aromatic rings. The van der Waals surface area contributed by atoms with Gasteiger partial charge in [-0.1, -0.05) is 24.3 Å². The van der Waals surface area contributed by atoms with E-state index in [1.54, 1.807) is 55.6 Å². The summed E-state index contributed by atoms with van der Waals surface area (Å²) in [5, 5.41) is 5.75. The lowest BCUT2D eigenvalue weighted by Gasteiger charge is -2.36. The van der Waals surface area contributed by atoms with Crippen molar-refractivity contribution in [2.75, 3.05) is 63.2 Å². The SMILES string of the molecule is COc1cccc(NC(=O)COc2ccc(C(=O)NCCN3CCN(c4ccccc4)CC3)cc2)c1. The van der Waals surface area contributed by atoms with Crippen LogP contribution in [0.4, 0.5) is 11.4 Å². The zero-order chi connectivity index (χ0) is 25.2. The first-order valence-electron chi connectivity index (χ1n) is 12.1. The van der Waals surface area contributed by atoms with Gasteiger partial charge in [0.25, 0.3) is 11.8 Å². The van der Waals surface area contributed by atoms with E-state index >= 15 is 0 Å². The van der Waals surface area contributed by atoms with E-state index in [9.17, 15) is 9.59 Å². The fourth-order valence-electron chi connectivity index (χ4n) is 4.05. The molecule has 0 saturated carbocycles. The molecular formula is C28H32N4O4. The molecule has 1 heterocycles. The maximum atomic E-state index is 12.5. The van der Waals surface area contributed by atoms with Crippen LogP contribution in [0.5, 0.6) is 11.5 Å². The molecule has 8 nitrogen and oxygen atoms in total. The van der Waals surface area contributed by atoms with Crippen molar-refractivity contribution in [1.29, 1.82) is 0 Å². The lowest BCUT2D eigenvalue weighted by Crippen LogP contribution is -2.48. The lowest BCUT2D eigenvalue weighted by molar-refractivity contribution is -0.118. The van der Waals surface area contributed by atoms with Gasteiger partial charge in [0.15, 0.2) is 6.61 Å². The maximum absolute atomic E-state index is 12.5. The van der Waals surface area contributed by atoms with Crippen molar-refractivity contribution in [2.45, 2.75) is 0 Å². The molecule has 0 radical (unpaired) electrons. The first kappa shape index (κ1) is 25.1. The van der Waals surface area contributed by atoms with Gasteiger partial charge < -0.3 is 25.0 Å². The Labute approximate surface area is 211 Å². The quantitative estimate of drug-likeness (QED) is 0.456. The Hall–Kier alpha value is -4.04. The Balaban J connectivity index is 1.14. The van der Waals surface area contributed by atoms with Crippen LogP contribution < -0.4 is 25.0 Å². The number of para-hydroxylation sites is 1. The zero-order valence-corrected chi connectivity index (χ0v) is 20.5. The van der Waals surface area contributed by atoms with Gasteiger partial charge >= 0.3 is 0 Å². The maximum Gasteiger partial charge on any atom is 0.262 e. The van der Waals surface area contributed by atoms with Crippen LogP contribution in [-0.4, -0.2) is 69.7 Å². The van der Waals surface area contributed by atoms with Crippen molar-refractivity contribution in [3.05, 3.63) is 84.4 Å². The molecule has 1 fully saturated rings. The topological polar surface area (TPSA) is 83.1 Å². The summed E-state index contributed by atoms with van der Waals surface area (Å²) < 4.78 is 10.7. The van der Waals surface area contributed by atoms with Crippen LogP contribution in [0.3, 0.4) is 0 Å². The number of rotatable bonds is 10. The van der Waals surface area contributed by atoms with E-state index in [0.29, 0.717) is 29.3 Å².